The molecule has 48 heavy (non-hydrogen) atoms. The van der Waals surface area contributed by atoms with Crippen LogP contribution in [-0.2, 0) is 11.4 Å². The van der Waals surface area contributed by atoms with Gasteiger partial charge in [0.1, 0.15) is 12.4 Å². The molecule has 2 N–H and O–H groups in total. The van der Waals surface area contributed by atoms with Gasteiger partial charge in [0.2, 0.25) is 0 Å². The quantitative estimate of drug-likeness (QED) is 0.180. The first-order chi connectivity index (χ1) is 23.1. The number of halogens is 2. The van der Waals surface area contributed by atoms with Crippen molar-refractivity contribution < 1.29 is 28.6 Å². The Morgan fingerprint density at radius 2 is 1.81 bits per heavy atom. The maximum Gasteiger partial charge on any atom is 0.335 e. The van der Waals surface area contributed by atoms with E-state index in [1.807, 2.05) is 12.1 Å². The number of amides is 1. The number of carboxylic acids is 1. The van der Waals surface area contributed by atoms with Gasteiger partial charge in [-0.25, -0.2) is 14.2 Å². The molecule has 0 saturated heterocycles. The monoisotopic (exact) mass is 775 g/mol. The molecule has 2 heterocycles. The molecular formula is C36H27FIN3O6S. The number of fused-ring (bicyclic) bond motifs is 1. The third-order valence-corrected chi connectivity index (χ3v) is 9.37. The van der Waals surface area contributed by atoms with Gasteiger partial charge in [0, 0.05) is 5.69 Å². The average Bonchev–Trinajstić information content (AvgIpc) is 3.37. The van der Waals surface area contributed by atoms with Gasteiger partial charge in [-0.3, -0.25) is 14.2 Å². The fourth-order valence-electron chi connectivity index (χ4n) is 5.36. The number of carbonyl (C=O) groups is 2. The summed E-state index contributed by atoms with van der Waals surface area (Å²) in [5.41, 5.74) is 3.01. The molecule has 1 amide bonds. The van der Waals surface area contributed by atoms with Crippen LogP contribution in [0.4, 0.5) is 10.1 Å². The Morgan fingerprint density at radius 3 is 2.52 bits per heavy atom. The summed E-state index contributed by atoms with van der Waals surface area (Å²) in [7, 11) is 1.51. The van der Waals surface area contributed by atoms with Gasteiger partial charge in [-0.05, 0) is 101 Å². The lowest BCUT2D eigenvalue weighted by Gasteiger charge is -2.25. The number of thiazole rings is 1. The molecule has 5 aromatic rings. The second-order valence-corrected chi connectivity index (χ2v) is 13.0. The number of carbonyl (C=O) groups excluding carboxylic acids is 1. The highest BCUT2D eigenvalue weighted by Crippen LogP contribution is 2.35. The summed E-state index contributed by atoms with van der Waals surface area (Å²) in [6.45, 7) is 1.84. The first-order valence-electron chi connectivity index (χ1n) is 14.6. The fraction of sp³-hybridized carbons (Fsp3) is 0.111. The van der Waals surface area contributed by atoms with Crippen LogP contribution in [0.2, 0.25) is 0 Å². The smallest absolute Gasteiger partial charge is 0.335 e. The van der Waals surface area contributed by atoms with E-state index in [1.165, 1.54) is 41.2 Å². The number of ether oxygens (including phenoxy) is 2. The summed E-state index contributed by atoms with van der Waals surface area (Å²) in [4.78, 5) is 44.2. The van der Waals surface area contributed by atoms with E-state index in [2.05, 4.69) is 32.9 Å². The minimum absolute atomic E-state index is 0.119. The van der Waals surface area contributed by atoms with E-state index in [0.717, 1.165) is 0 Å². The maximum atomic E-state index is 14.1. The van der Waals surface area contributed by atoms with E-state index in [9.17, 15) is 23.9 Å². The van der Waals surface area contributed by atoms with E-state index in [-0.39, 0.29) is 23.3 Å². The zero-order valence-corrected chi connectivity index (χ0v) is 28.5. The number of hydrogen-bond donors (Lipinski definition) is 2. The highest BCUT2D eigenvalue weighted by Gasteiger charge is 2.32. The molecule has 1 aliphatic heterocycles. The third kappa shape index (κ3) is 6.80. The summed E-state index contributed by atoms with van der Waals surface area (Å²) >= 11 is 3.30. The molecule has 0 unspecified atom stereocenters. The van der Waals surface area contributed by atoms with Gasteiger partial charge in [0.25, 0.3) is 11.5 Å². The lowest BCUT2D eigenvalue weighted by Crippen LogP contribution is -2.40. The summed E-state index contributed by atoms with van der Waals surface area (Å²) in [5, 5.41) is 12.2. The number of carboxylic acid groups (broad SMARTS) is 1. The Labute approximate surface area is 291 Å². The molecular weight excluding hydrogens is 748 g/mol. The van der Waals surface area contributed by atoms with E-state index in [4.69, 9.17) is 9.47 Å². The largest absolute Gasteiger partial charge is 0.493 e. The van der Waals surface area contributed by atoms with Gasteiger partial charge >= 0.3 is 5.97 Å². The number of benzene rings is 4. The zero-order chi connectivity index (χ0) is 33.9. The molecule has 0 radical (unpaired) electrons. The van der Waals surface area contributed by atoms with Gasteiger partial charge in [0.05, 0.1) is 38.1 Å². The number of rotatable bonds is 9. The van der Waals surface area contributed by atoms with E-state index in [1.54, 1.807) is 73.7 Å². The minimum Gasteiger partial charge on any atom is -0.493 e. The molecule has 1 aliphatic rings. The van der Waals surface area contributed by atoms with Crippen LogP contribution in [0.25, 0.3) is 6.08 Å². The number of hydrogen-bond acceptors (Lipinski definition) is 7. The van der Waals surface area contributed by atoms with Crippen LogP contribution < -0.4 is 29.7 Å². The summed E-state index contributed by atoms with van der Waals surface area (Å²) < 4.78 is 28.2. The van der Waals surface area contributed by atoms with Crippen LogP contribution in [0.15, 0.2) is 112 Å². The molecule has 0 saturated carbocycles. The Bertz CT molecular complexity index is 2270. The van der Waals surface area contributed by atoms with Crippen molar-refractivity contribution in [1.82, 2.24) is 4.57 Å². The number of para-hydroxylation sites is 1. The van der Waals surface area contributed by atoms with Gasteiger partial charge in [-0.15, -0.1) is 0 Å². The maximum absolute atomic E-state index is 14.1. The van der Waals surface area contributed by atoms with Crippen LogP contribution in [-0.4, -0.2) is 28.7 Å². The summed E-state index contributed by atoms with van der Waals surface area (Å²) in [5.74, 6) is -0.986. The molecule has 0 spiro atoms. The molecule has 12 heteroatoms. The zero-order valence-electron chi connectivity index (χ0n) is 25.6. The van der Waals surface area contributed by atoms with Crippen LogP contribution >= 0.6 is 33.9 Å². The first-order valence-corrected chi connectivity index (χ1v) is 16.5. The van der Waals surface area contributed by atoms with Gasteiger partial charge in [-0.1, -0.05) is 53.8 Å². The van der Waals surface area contributed by atoms with Crippen molar-refractivity contribution >= 4 is 57.6 Å². The molecule has 4 aromatic carbocycles. The minimum atomic E-state index is -1.02. The number of allylic oxidation sites excluding steroid dienone is 1. The summed E-state index contributed by atoms with van der Waals surface area (Å²) in [6, 6.07) is 23.9. The van der Waals surface area contributed by atoms with E-state index >= 15 is 0 Å². The van der Waals surface area contributed by atoms with Crippen LogP contribution in [0.3, 0.4) is 0 Å². The average molecular weight is 776 g/mol. The van der Waals surface area contributed by atoms with Crippen LogP contribution in [0, 0.1) is 9.39 Å². The Balaban J connectivity index is 1.38. The van der Waals surface area contributed by atoms with Crippen molar-refractivity contribution in [1.29, 1.82) is 0 Å². The normalized spacial score (nSPS) is 14.2. The topological polar surface area (TPSA) is 119 Å². The fourth-order valence-corrected chi connectivity index (χ4v) is 7.18. The van der Waals surface area contributed by atoms with Crippen molar-refractivity contribution in [2.24, 2.45) is 4.99 Å². The second-order valence-electron chi connectivity index (χ2n) is 10.8. The number of methoxy groups -OCH3 is 1. The summed E-state index contributed by atoms with van der Waals surface area (Å²) in [6.07, 6.45) is 1.72. The molecule has 0 bridgehead atoms. The Kier molecular flexibility index (Phi) is 9.55. The Hall–Kier alpha value is -5.08. The van der Waals surface area contributed by atoms with Crippen LogP contribution in [0.1, 0.15) is 40.0 Å². The molecule has 6 rings (SSSR count). The molecule has 0 fully saturated rings. The number of nitrogens with zero attached hydrogens (tertiary/aromatic N) is 2. The number of anilines is 1. The lowest BCUT2D eigenvalue weighted by atomic mass is 9.95. The second kappa shape index (κ2) is 14.0. The lowest BCUT2D eigenvalue weighted by molar-refractivity contribution is -0.113. The first kappa shape index (κ1) is 32.8. The van der Waals surface area contributed by atoms with E-state index < -0.39 is 23.7 Å². The van der Waals surface area contributed by atoms with Crippen LogP contribution in [0.5, 0.6) is 11.5 Å². The molecule has 9 nitrogen and oxygen atoms in total. The van der Waals surface area contributed by atoms with Crippen molar-refractivity contribution in [2.45, 2.75) is 19.6 Å². The molecule has 242 valence electrons. The van der Waals surface area contributed by atoms with Gasteiger partial charge in [0.15, 0.2) is 16.3 Å². The number of nitrogens with one attached hydrogen (secondary N) is 1. The van der Waals surface area contributed by atoms with Crippen molar-refractivity contribution in [3.05, 3.63) is 154 Å². The Morgan fingerprint density at radius 1 is 1.06 bits per heavy atom. The number of aromatic nitrogens is 1. The van der Waals surface area contributed by atoms with Crippen molar-refractivity contribution in [2.75, 3.05) is 12.4 Å². The molecule has 1 aromatic heterocycles. The highest BCUT2D eigenvalue weighted by molar-refractivity contribution is 14.1. The highest BCUT2D eigenvalue weighted by atomic mass is 127. The standard InChI is InChI=1S/C36H27FIN3O6S/c1-20-30(33(42)40-26-9-4-3-5-10-26)31(23-11-13-25(37)14-12-23)41-34(43)29(48-36(41)39-20)18-22-16-27(38)32(28(17-22)46-2)47-19-21-7-6-8-24(15-21)35(44)45/h3-18,31H,19H2,1-2H3,(H,40,42)(H,44,45)/b29-18-/t31-/m1/s1. The van der Waals surface area contributed by atoms with E-state index in [0.29, 0.717) is 52.5 Å². The number of aromatic carboxylic acids is 1. The third-order valence-electron chi connectivity index (χ3n) is 7.59. The van der Waals surface area contributed by atoms with Crippen molar-refractivity contribution in [3.63, 3.8) is 0 Å². The van der Waals surface area contributed by atoms with Crippen molar-refractivity contribution in [3.8, 4) is 11.5 Å². The molecule has 1 atom stereocenters. The predicted molar refractivity (Wildman–Crippen MR) is 189 cm³/mol. The SMILES string of the molecule is COc1cc(/C=c2\sc3n(c2=O)[C@H](c2ccc(F)cc2)C(C(=O)Nc2ccccc2)=C(C)N=3)cc(I)c1OCc1cccc(C(=O)O)c1. The predicted octanol–water partition coefficient (Wildman–Crippen LogP) is 5.90. The van der Waals surface area contributed by atoms with Gasteiger partial charge < -0.3 is 19.9 Å². The van der Waals surface area contributed by atoms with Gasteiger partial charge in [-0.2, -0.15) is 0 Å². The molecule has 0 aliphatic carbocycles.